The predicted octanol–water partition coefficient (Wildman–Crippen LogP) is 4.75. The lowest BCUT2D eigenvalue weighted by Gasteiger charge is -2.45. The van der Waals surface area contributed by atoms with Gasteiger partial charge in [0.05, 0.1) is 13.2 Å². The molecule has 192 valence electrons. The first-order valence-corrected chi connectivity index (χ1v) is 13.3. The largest absolute Gasteiger partial charge is 0.494 e. The van der Waals surface area contributed by atoms with E-state index in [1.807, 2.05) is 53.4 Å². The molecule has 1 saturated heterocycles. The van der Waals surface area contributed by atoms with E-state index < -0.39 is 6.04 Å². The van der Waals surface area contributed by atoms with E-state index in [0.717, 1.165) is 49.8 Å². The molecule has 2 aliphatic heterocycles. The third-order valence-corrected chi connectivity index (χ3v) is 7.40. The molecule has 1 aliphatic carbocycles. The number of carbonyl (C=O) groups excluding carboxylic acids is 2. The van der Waals surface area contributed by atoms with Crippen LogP contribution in [0.5, 0.6) is 17.2 Å². The first-order chi connectivity index (χ1) is 17.6. The summed E-state index contributed by atoms with van der Waals surface area (Å²) in [5.74, 6) is 2.10. The lowest BCUT2D eigenvalue weighted by Crippen LogP contribution is -2.60. The fourth-order valence-electron chi connectivity index (χ4n) is 5.43. The number of amides is 2. The quantitative estimate of drug-likeness (QED) is 0.498. The lowest BCUT2D eigenvalue weighted by molar-refractivity contribution is -0.160. The summed E-state index contributed by atoms with van der Waals surface area (Å²) in [7, 11) is 0. The standard InChI is InChI=1S/C29H36N2O5/c1-2-3-17-34-23-15-13-21(14-16-23)28-29(33)30(22-9-5-4-6-10-22)19-27(32)31(28)18-24-20-35-25-11-7-8-12-26(25)36-24/h7-8,11-16,22,24,28H,2-6,9-10,17-20H2,1H3/t24-,28+/m1/s1. The van der Waals surface area contributed by atoms with Gasteiger partial charge in [-0.15, -0.1) is 0 Å². The van der Waals surface area contributed by atoms with Gasteiger partial charge in [-0.05, 0) is 49.1 Å². The third-order valence-electron chi connectivity index (χ3n) is 7.40. The summed E-state index contributed by atoms with van der Waals surface area (Å²) < 4.78 is 17.9. The highest BCUT2D eigenvalue weighted by atomic mass is 16.6. The molecule has 0 bridgehead atoms. The van der Waals surface area contributed by atoms with Gasteiger partial charge in [-0.25, -0.2) is 0 Å². The van der Waals surface area contributed by atoms with Crippen LogP contribution < -0.4 is 14.2 Å². The van der Waals surface area contributed by atoms with Gasteiger partial charge in [0.25, 0.3) is 5.91 Å². The predicted molar refractivity (Wildman–Crippen MR) is 136 cm³/mol. The Balaban J connectivity index is 1.38. The second kappa shape index (κ2) is 11.2. The number of carbonyl (C=O) groups is 2. The average molecular weight is 493 g/mol. The van der Waals surface area contributed by atoms with Crippen LogP contribution in [-0.4, -0.2) is 60.1 Å². The molecule has 3 aliphatic rings. The van der Waals surface area contributed by atoms with Gasteiger partial charge in [0.1, 0.15) is 24.9 Å². The van der Waals surface area contributed by atoms with E-state index in [0.29, 0.717) is 24.7 Å². The molecular formula is C29H36N2O5. The molecule has 1 saturated carbocycles. The van der Waals surface area contributed by atoms with Crippen LogP contribution in [0.4, 0.5) is 0 Å². The number of hydrogen-bond donors (Lipinski definition) is 0. The second-order valence-electron chi connectivity index (χ2n) is 9.98. The van der Waals surface area contributed by atoms with Crippen LogP contribution in [0.2, 0.25) is 0 Å². The molecule has 2 aromatic rings. The Morgan fingerprint density at radius 1 is 0.972 bits per heavy atom. The number of rotatable bonds is 8. The molecule has 2 amide bonds. The second-order valence-corrected chi connectivity index (χ2v) is 9.98. The van der Waals surface area contributed by atoms with Crippen molar-refractivity contribution >= 4 is 11.8 Å². The van der Waals surface area contributed by atoms with Crippen molar-refractivity contribution in [3.8, 4) is 17.2 Å². The maximum atomic E-state index is 13.9. The van der Waals surface area contributed by atoms with E-state index in [2.05, 4.69) is 6.92 Å². The highest BCUT2D eigenvalue weighted by Gasteiger charge is 2.44. The number of nitrogens with zero attached hydrogens (tertiary/aromatic N) is 2. The summed E-state index contributed by atoms with van der Waals surface area (Å²) in [6.07, 6.45) is 7.05. The zero-order valence-corrected chi connectivity index (χ0v) is 21.1. The molecule has 0 spiro atoms. The normalized spacial score (nSPS) is 22.6. The Labute approximate surface area is 213 Å². The smallest absolute Gasteiger partial charge is 0.250 e. The number of fused-ring (bicyclic) bond motifs is 1. The fraction of sp³-hybridized carbons (Fsp3) is 0.517. The third kappa shape index (κ3) is 5.30. The van der Waals surface area contributed by atoms with Crippen LogP contribution in [0, 0.1) is 0 Å². The van der Waals surface area contributed by atoms with Gasteiger partial charge in [-0.1, -0.05) is 56.9 Å². The maximum Gasteiger partial charge on any atom is 0.250 e. The van der Waals surface area contributed by atoms with Gasteiger partial charge in [0.2, 0.25) is 5.91 Å². The van der Waals surface area contributed by atoms with Gasteiger partial charge in [0.15, 0.2) is 17.6 Å². The topological polar surface area (TPSA) is 68.3 Å². The lowest BCUT2D eigenvalue weighted by atomic mass is 9.91. The number of hydrogen-bond acceptors (Lipinski definition) is 5. The van der Waals surface area contributed by atoms with Gasteiger partial charge in [-0.3, -0.25) is 9.59 Å². The van der Waals surface area contributed by atoms with Crippen molar-refractivity contribution in [2.24, 2.45) is 0 Å². The molecule has 0 N–H and O–H groups in total. The van der Waals surface area contributed by atoms with Gasteiger partial charge in [-0.2, -0.15) is 0 Å². The Bertz CT molecular complexity index is 1050. The van der Waals surface area contributed by atoms with E-state index in [1.165, 1.54) is 6.42 Å². The molecule has 0 unspecified atom stereocenters. The highest BCUT2D eigenvalue weighted by molar-refractivity contribution is 5.95. The van der Waals surface area contributed by atoms with E-state index in [-0.39, 0.29) is 37.0 Å². The summed E-state index contributed by atoms with van der Waals surface area (Å²) in [6, 6.07) is 14.6. The minimum atomic E-state index is -0.682. The molecule has 2 atom stereocenters. The molecule has 2 aromatic carbocycles. The first kappa shape index (κ1) is 24.5. The number of unbranched alkanes of at least 4 members (excludes halogenated alkanes) is 1. The molecule has 36 heavy (non-hydrogen) atoms. The van der Waals surface area contributed by atoms with Crippen LogP contribution >= 0.6 is 0 Å². The van der Waals surface area contributed by atoms with Crippen molar-refractivity contribution < 1.29 is 23.8 Å². The van der Waals surface area contributed by atoms with E-state index >= 15 is 0 Å². The van der Waals surface area contributed by atoms with E-state index in [9.17, 15) is 9.59 Å². The zero-order chi connectivity index (χ0) is 24.9. The Kier molecular flexibility index (Phi) is 7.63. The van der Waals surface area contributed by atoms with Crippen molar-refractivity contribution in [2.75, 3.05) is 26.3 Å². The molecule has 2 heterocycles. The van der Waals surface area contributed by atoms with Crippen molar-refractivity contribution in [3.05, 3.63) is 54.1 Å². The first-order valence-electron chi connectivity index (χ1n) is 13.3. The molecule has 0 aromatic heterocycles. The number of benzene rings is 2. The van der Waals surface area contributed by atoms with Crippen molar-refractivity contribution in [1.82, 2.24) is 9.80 Å². The Morgan fingerprint density at radius 3 is 2.47 bits per heavy atom. The van der Waals surface area contributed by atoms with Crippen molar-refractivity contribution in [3.63, 3.8) is 0 Å². The minimum absolute atomic E-state index is 0.00159. The van der Waals surface area contributed by atoms with Crippen LogP contribution in [-0.2, 0) is 9.59 Å². The van der Waals surface area contributed by atoms with Crippen LogP contribution in [0.1, 0.15) is 63.5 Å². The SMILES string of the molecule is CCCCOc1ccc([C@H]2C(=O)N(C3CCCCC3)CC(=O)N2C[C@@H]2COc3ccccc3O2)cc1. The Hall–Kier alpha value is -3.22. The zero-order valence-electron chi connectivity index (χ0n) is 21.1. The Morgan fingerprint density at radius 2 is 1.72 bits per heavy atom. The van der Waals surface area contributed by atoms with Gasteiger partial charge in [0, 0.05) is 6.04 Å². The summed E-state index contributed by atoms with van der Waals surface area (Å²) >= 11 is 0. The average Bonchev–Trinajstić information content (AvgIpc) is 2.92. The molecule has 0 radical (unpaired) electrons. The molecular weight excluding hydrogens is 456 g/mol. The highest BCUT2D eigenvalue weighted by Crippen LogP contribution is 2.35. The summed E-state index contributed by atoms with van der Waals surface area (Å²) in [5.41, 5.74) is 0.800. The number of ether oxygens (including phenoxy) is 3. The number of para-hydroxylation sites is 2. The molecule has 7 heteroatoms. The van der Waals surface area contributed by atoms with Gasteiger partial charge >= 0.3 is 0 Å². The molecule has 2 fully saturated rings. The summed E-state index contributed by atoms with van der Waals surface area (Å²) in [5, 5.41) is 0. The number of piperazine rings is 1. The summed E-state index contributed by atoms with van der Waals surface area (Å²) in [4.78, 5) is 31.0. The van der Waals surface area contributed by atoms with Crippen LogP contribution in [0.3, 0.4) is 0 Å². The maximum absolute atomic E-state index is 13.9. The fourth-order valence-corrected chi connectivity index (χ4v) is 5.43. The molecule has 7 nitrogen and oxygen atoms in total. The van der Waals surface area contributed by atoms with Crippen molar-refractivity contribution in [2.45, 2.75) is 70.1 Å². The summed E-state index contributed by atoms with van der Waals surface area (Å²) in [6.45, 7) is 3.54. The molecule has 5 rings (SSSR count). The van der Waals surface area contributed by atoms with Crippen molar-refractivity contribution in [1.29, 1.82) is 0 Å². The monoisotopic (exact) mass is 492 g/mol. The van der Waals surface area contributed by atoms with Crippen LogP contribution in [0.15, 0.2) is 48.5 Å². The van der Waals surface area contributed by atoms with E-state index in [1.54, 1.807) is 4.90 Å². The minimum Gasteiger partial charge on any atom is -0.494 e. The van der Waals surface area contributed by atoms with Gasteiger partial charge < -0.3 is 24.0 Å². The van der Waals surface area contributed by atoms with E-state index in [4.69, 9.17) is 14.2 Å². The van der Waals surface area contributed by atoms with Crippen LogP contribution in [0.25, 0.3) is 0 Å².